The van der Waals surface area contributed by atoms with Gasteiger partial charge in [-0.1, -0.05) is 44.4 Å². The van der Waals surface area contributed by atoms with Crippen molar-refractivity contribution in [3.05, 3.63) is 71.0 Å². The summed E-state index contributed by atoms with van der Waals surface area (Å²) in [6.07, 6.45) is 4.14. The standard InChI is InChI=1S/C21H23FO4/c1-2-3-4-7-14-25-20(23)16-10-12-17(13-11-16)21(24)26-15-18-8-5-6-9-19(18)22/h5-6,8-13H,2-4,7,14-15H2,1H3. The molecule has 0 atom stereocenters. The number of halogens is 1. The second-order valence-corrected chi connectivity index (χ2v) is 5.94. The van der Waals surface area contributed by atoms with Gasteiger partial charge in [0.25, 0.3) is 0 Å². The molecule has 0 aliphatic heterocycles. The van der Waals surface area contributed by atoms with E-state index in [1.165, 1.54) is 30.3 Å². The van der Waals surface area contributed by atoms with Crippen molar-refractivity contribution in [1.29, 1.82) is 0 Å². The molecule has 0 aliphatic carbocycles. The van der Waals surface area contributed by atoms with E-state index in [0.29, 0.717) is 23.3 Å². The molecule has 2 rings (SSSR count). The van der Waals surface area contributed by atoms with Gasteiger partial charge in [-0.15, -0.1) is 0 Å². The van der Waals surface area contributed by atoms with Gasteiger partial charge >= 0.3 is 11.9 Å². The van der Waals surface area contributed by atoms with Crippen LogP contribution in [0.1, 0.15) is 58.9 Å². The Balaban J connectivity index is 1.83. The summed E-state index contributed by atoms with van der Waals surface area (Å²) in [5.41, 5.74) is 0.983. The van der Waals surface area contributed by atoms with Crippen molar-refractivity contribution < 1.29 is 23.5 Å². The smallest absolute Gasteiger partial charge is 0.338 e. The largest absolute Gasteiger partial charge is 0.462 e. The number of esters is 2. The van der Waals surface area contributed by atoms with Crippen molar-refractivity contribution in [3.8, 4) is 0 Å². The first-order valence-electron chi connectivity index (χ1n) is 8.79. The first kappa shape index (κ1) is 19.6. The van der Waals surface area contributed by atoms with Gasteiger partial charge in [-0.05, 0) is 36.8 Å². The minimum atomic E-state index is -0.576. The highest BCUT2D eigenvalue weighted by molar-refractivity contribution is 5.93. The van der Waals surface area contributed by atoms with Crippen molar-refractivity contribution in [3.63, 3.8) is 0 Å². The fraction of sp³-hybridized carbons (Fsp3) is 0.333. The summed E-state index contributed by atoms with van der Waals surface area (Å²) in [6.45, 7) is 2.37. The maximum atomic E-state index is 13.5. The molecule has 26 heavy (non-hydrogen) atoms. The lowest BCUT2D eigenvalue weighted by molar-refractivity contribution is 0.0463. The third kappa shape index (κ3) is 5.99. The molecule has 4 nitrogen and oxygen atoms in total. The second kappa shape index (κ2) is 10.3. The molecule has 2 aromatic rings. The molecule has 0 saturated heterocycles. The summed E-state index contributed by atoms with van der Waals surface area (Å²) < 4.78 is 23.8. The number of hydrogen-bond acceptors (Lipinski definition) is 4. The average Bonchev–Trinajstić information content (AvgIpc) is 2.67. The molecular weight excluding hydrogens is 335 g/mol. The van der Waals surface area contributed by atoms with E-state index in [1.807, 2.05) is 0 Å². The number of carbonyl (C=O) groups excluding carboxylic acids is 2. The van der Waals surface area contributed by atoms with E-state index >= 15 is 0 Å². The number of rotatable bonds is 9. The zero-order valence-electron chi connectivity index (χ0n) is 14.9. The highest BCUT2D eigenvalue weighted by Crippen LogP contribution is 2.12. The fourth-order valence-corrected chi connectivity index (χ4v) is 2.36. The lowest BCUT2D eigenvalue weighted by Gasteiger charge is -2.07. The van der Waals surface area contributed by atoms with Crippen LogP contribution >= 0.6 is 0 Å². The van der Waals surface area contributed by atoms with Crippen LogP contribution in [0.25, 0.3) is 0 Å². The van der Waals surface area contributed by atoms with Crippen molar-refractivity contribution in [2.45, 2.75) is 39.2 Å². The van der Waals surface area contributed by atoms with E-state index in [0.717, 1.165) is 25.7 Å². The van der Waals surface area contributed by atoms with Crippen LogP contribution in [0.4, 0.5) is 4.39 Å². The minimum absolute atomic E-state index is 0.146. The summed E-state index contributed by atoms with van der Waals surface area (Å²) in [5, 5.41) is 0. The van der Waals surface area contributed by atoms with Gasteiger partial charge in [-0.3, -0.25) is 0 Å². The molecule has 138 valence electrons. The summed E-state index contributed by atoms with van der Waals surface area (Å²) in [4.78, 5) is 23.9. The molecule has 0 unspecified atom stereocenters. The molecule has 0 amide bonds. The quantitative estimate of drug-likeness (QED) is 0.472. The average molecular weight is 358 g/mol. The van der Waals surface area contributed by atoms with E-state index in [4.69, 9.17) is 9.47 Å². The number of carbonyl (C=O) groups is 2. The SMILES string of the molecule is CCCCCCOC(=O)c1ccc(C(=O)OCc2ccccc2F)cc1. The van der Waals surface area contributed by atoms with Gasteiger partial charge < -0.3 is 9.47 Å². The Labute approximate surface area is 152 Å². The summed E-state index contributed by atoms with van der Waals surface area (Å²) in [5.74, 6) is -1.40. The lowest BCUT2D eigenvalue weighted by atomic mass is 10.1. The van der Waals surface area contributed by atoms with Gasteiger partial charge in [0.1, 0.15) is 12.4 Å². The highest BCUT2D eigenvalue weighted by Gasteiger charge is 2.12. The van der Waals surface area contributed by atoms with Gasteiger partial charge in [0.2, 0.25) is 0 Å². The van der Waals surface area contributed by atoms with Crippen molar-refractivity contribution in [2.24, 2.45) is 0 Å². The summed E-state index contributed by atoms with van der Waals surface area (Å²) >= 11 is 0. The molecule has 5 heteroatoms. The van der Waals surface area contributed by atoms with E-state index in [2.05, 4.69) is 6.92 Å². The second-order valence-electron chi connectivity index (χ2n) is 5.94. The third-order valence-electron chi connectivity index (χ3n) is 3.90. The third-order valence-corrected chi connectivity index (χ3v) is 3.90. The summed E-state index contributed by atoms with van der Waals surface area (Å²) in [6, 6.07) is 12.2. The maximum absolute atomic E-state index is 13.5. The Morgan fingerprint density at radius 3 is 2.08 bits per heavy atom. The van der Waals surface area contributed by atoms with Gasteiger partial charge in [0, 0.05) is 5.56 Å². The molecule has 0 fully saturated rings. The fourth-order valence-electron chi connectivity index (χ4n) is 2.36. The van der Waals surface area contributed by atoms with E-state index in [-0.39, 0.29) is 6.61 Å². The van der Waals surface area contributed by atoms with Crippen LogP contribution in [0.2, 0.25) is 0 Å². The van der Waals surface area contributed by atoms with Crippen LogP contribution in [0.15, 0.2) is 48.5 Å². The number of hydrogen-bond donors (Lipinski definition) is 0. The zero-order valence-corrected chi connectivity index (χ0v) is 14.9. The topological polar surface area (TPSA) is 52.6 Å². The molecule has 0 heterocycles. The number of benzene rings is 2. The molecule has 0 N–H and O–H groups in total. The molecule has 0 aliphatic rings. The molecule has 0 spiro atoms. The Bertz CT molecular complexity index is 725. The maximum Gasteiger partial charge on any atom is 0.338 e. The predicted octanol–water partition coefficient (Wildman–Crippen LogP) is 4.92. The Kier molecular flexibility index (Phi) is 7.80. The Hall–Kier alpha value is -2.69. The molecule has 2 aromatic carbocycles. The lowest BCUT2D eigenvalue weighted by Crippen LogP contribution is -2.09. The van der Waals surface area contributed by atoms with Crippen LogP contribution in [0, 0.1) is 5.82 Å². The first-order valence-corrected chi connectivity index (χ1v) is 8.79. The normalized spacial score (nSPS) is 10.4. The molecule has 0 saturated carbocycles. The van der Waals surface area contributed by atoms with Crippen LogP contribution in [-0.2, 0) is 16.1 Å². The number of ether oxygens (including phenoxy) is 2. The van der Waals surface area contributed by atoms with Crippen molar-refractivity contribution in [1.82, 2.24) is 0 Å². The molecule has 0 radical (unpaired) electrons. The Morgan fingerprint density at radius 1 is 0.846 bits per heavy atom. The monoisotopic (exact) mass is 358 g/mol. The predicted molar refractivity (Wildman–Crippen MR) is 96.4 cm³/mol. The van der Waals surface area contributed by atoms with Crippen LogP contribution in [-0.4, -0.2) is 18.5 Å². The van der Waals surface area contributed by atoms with E-state index < -0.39 is 17.8 Å². The van der Waals surface area contributed by atoms with Gasteiger partial charge in [0.15, 0.2) is 0 Å². The van der Waals surface area contributed by atoms with E-state index in [1.54, 1.807) is 18.2 Å². The Morgan fingerprint density at radius 2 is 1.46 bits per heavy atom. The van der Waals surface area contributed by atoms with Gasteiger partial charge in [-0.2, -0.15) is 0 Å². The summed E-state index contributed by atoms with van der Waals surface area (Å²) in [7, 11) is 0. The minimum Gasteiger partial charge on any atom is -0.462 e. The van der Waals surface area contributed by atoms with Crippen LogP contribution in [0.5, 0.6) is 0 Å². The van der Waals surface area contributed by atoms with Crippen LogP contribution in [0.3, 0.4) is 0 Å². The zero-order chi connectivity index (χ0) is 18.8. The van der Waals surface area contributed by atoms with Gasteiger partial charge in [-0.25, -0.2) is 14.0 Å². The van der Waals surface area contributed by atoms with Gasteiger partial charge in [0.05, 0.1) is 17.7 Å². The molecular formula is C21H23FO4. The molecule has 0 bridgehead atoms. The van der Waals surface area contributed by atoms with Crippen molar-refractivity contribution in [2.75, 3.05) is 6.61 Å². The first-order chi connectivity index (χ1) is 12.6. The number of unbranched alkanes of at least 4 members (excludes halogenated alkanes) is 3. The highest BCUT2D eigenvalue weighted by atomic mass is 19.1. The van der Waals surface area contributed by atoms with E-state index in [9.17, 15) is 14.0 Å². The van der Waals surface area contributed by atoms with Crippen molar-refractivity contribution >= 4 is 11.9 Å². The van der Waals surface area contributed by atoms with Crippen LogP contribution < -0.4 is 0 Å². The molecule has 0 aromatic heterocycles.